The molecule has 0 aromatic heterocycles. The Labute approximate surface area is 183 Å². The number of ether oxygens (including phenoxy) is 4. The van der Waals surface area contributed by atoms with Crippen LogP contribution in [0.2, 0.25) is 0 Å². The van der Waals surface area contributed by atoms with E-state index in [1.54, 1.807) is 55.5 Å². The van der Waals surface area contributed by atoms with Gasteiger partial charge in [0.25, 0.3) is 0 Å². The average Bonchev–Trinajstić information content (AvgIpc) is 2.78. The van der Waals surface area contributed by atoms with Crippen molar-refractivity contribution in [2.24, 2.45) is 0 Å². The molecule has 0 N–H and O–H groups in total. The first-order valence-electron chi connectivity index (χ1n) is 9.30. The number of rotatable bonds is 6. The second-order valence-corrected chi connectivity index (χ2v) is 7.34. The maximum absolute atomic E-state index is 12.8. The smallest absolute Gasteiger partial charge is 0.415 e. The molecular formula is C22H22BrNO6. The Morgan fingerprint density at radius 3 is 2.40 bits per heavy atom. The molecule has 0 bridgehead atoms. The molecule has 2 aromatic carbocycles. The van der Waals surface area contributed by atoms with Crippen LogP contribution in [0.1, 0.15) is 15.9 Å². The van der Waals surface area contributed by atoms with Crippen LogP contribution in [-0.4, -0.2) is 57.3 Å². The van der Waals surface area contributed by atoms with Crippen LogP contribution in [0.5, 0.6) is 17.2 Å². The molecular weight excluding hydrogens is 454 g/mol. The molecule has 0 atom stereocenters. The van der Waals surface area contributed by atoms with E-state index in [0.29, 0.717) is 42.3 Å². The lowest BCUT2D eigenvalue weighted by Gasteiger charge is -2.26. The standard InChI is InChI=1S/C22H22BrNO6/c1-27-20-7-4-15(13-21(20)28-2)3-6-18(25)17-14-16(23)5-8-19(17)30-22(26)24-9-11-29-12-10-24/h3-8,13-14H,9-12H2,1-2H3/b6-3+. The summed E-state index contributed by atoms with van der Waals surface area (Å²) in [6.07, 6.45) is 2.59. The highest BCUT2D eigenvalue weighted by Gasteiger charge is 2.21. The molecule has 0 spiro atoms. The number of carbonyl (C=O) groups excluding carboxylic acids is 2. The minimum absolute atomic E-state index is 0.205. The molecule has 2 aromatic rings. The Balaban J connectivity index is 1.79. The van der Waals surface area contributed by atoms with Gasteiger partial charge in [-0.25, -0.2) is 4.79 Å². The van der Waals surface area contributed by atoms with Crippen molar-refractivity contribution < 1.29 is 28.5 Å². The highest BCUT2D eigenvalue weighted by atomic mass is 79.9. The van der Waals surface area contributed by atoms with Gasteiger partial charge in [0, 0.05) is 17.6 Å². The molecule has 1 heterocycles. The molecule has 7 nitrogen and oxygen atoms in total. The van der Waals surface area contributed by atoms with E-state index in [0.717, 1.165) is 5.56 Å². The number of carbonyl (C=O) groups is 2. The summed E-state index contributed by atoms with van der Waals surface area (Å²) >= 11 is 3.36. The molecule has 8 heteroatoms. The topological polar surface area (TPSA) is 74.3 Å². The predicted octanol–water partition coefficient (Wildman–Crippen LogP) is 4.19. The summed E-state index contributed by atoms with van der Waals surface area (Å²) in [6.45, 7) is 1.85. The number of ketones is 1. The second kappa shape index (κ2) is 10.3. The van der Waals surface area contributed by atoms with E-state index < -0.39 is 6.09 Å². The number of amides is 1. The largest absolute Gasteiger partial charge is 0.493 e. The van der Waals surface area contributed by atoms with Gasteiger partial charge >= 0.3 is 6.09 Å². The third-order valence-electron chi connectivity index (χ3n) is 4.51. The molecule has 1 amide bonds. The number of morpholine rings is 1. The Morgan fingerprint density at radius 2 is 1.70 bits per heavy atom. The first-order valence-corrected chi connectivity index (χ1v) is 10.1. The zero-order chi connectivity index (χ0) is 21.5. The highest BCUT2D eigenvalue weighted by Crippen LogP contribution is 2.29. The SMILES string of the molecule is COc1ccc(/C=C/C(=O)c2cc(Br)ccc2OC(=O)N2CCOCC2)cc1OC. The monoisotopic (exact) mass is 475 g/mol. The van der Waals surface area contributed by atoms with Crippen LogP contribution in [-0.2, 0) is 4.74 Å². The van der Waals surface area contributed by atoms with Gasteiger partial charge in [-0.3, -0.25) is 4.79 Å². The number of hydrogen-bond donors (Lipinski definition) is 0. The summed E-state index contributed by atoms with van der Waals surface area (Å²) in [4.78, 5) is 26.8. The fraction of sp³-hybridized carbons (Fsp3) is 0.273. The van der Waals surface area contributed by atoms with Crippen molar-refractivity contribution in [1.82, 2.24) is 4.90 Å². The molecule has 0 aliphatic carbocycles. The van der Waals surface area contributed by atoms with Crippen LogP contribution in [0.25, 0.3) is 6.08 Å². The minimum atomic E-state index is -0.501. The maximum Gasteiger partial charge on any atom is 0.415 e. The quantitative estimate of drug-likeness (QED) is 0.460. The van der Waals surface area contributed by atoms with E-state index in [2.05, 4.69) is 15.9 Å². The van der Waals surface area contributed by atoms with Crippen LogP contribution >= 0.6 is 15.9 Å². The zero-order valence-corrected chi connectivity index (χ0v) is 18.3. The van der Waals surface area contributed by atoms with E-state index in [1.807, 2.05) is 6.07 Å². The average molecular weight is 476 g/mol. The second-order valence-electron chi connectivity index (χ2n) is 6.42. The number of methoxy groups -OCH3 is 2. The highest BCUT2D eigenvalue weighted by molar-refractivity contribution is 9.10. The molecule has 1 aliphatic heterocycles. The number of halogens is 1. The van der Waals surface area contributed by atoms with Crippen LogP contribution in [0.4, 0.5) is 4.79 Å². The fourth-order valence-electron chi connectivity index (χ4n) is 2.91. The molecule has 0 unspecified atom stereocenters. The van der Waals surface area contributed by atoms with Crippen molar-refractivity contribution in [2.75, 3.05) is 40.5 Å². The van der Waals surface area contributed by atoms with Gasteiger partial charge in [0.15, 0.2) is 17.3 Å². The summed E-state index contributed by atoms with van der Waals surface area (Å²) in [6, 6.07) is 10.3. The molecule has 3 rings (SSSR count). The molecule has 1 saturated heterocycles. The summed E-state index contributed by atoms with van der Waals surface area (Å²) in [5.74, 6) is 1.08. The minimum Gasteiger partial charge on any atom is -0.493 e. The van der Waals surface area contributed by atoms with Crippen LogP contribution in [0.3, 0.4) is 0 Å². The molecule has 1 aliphatic rings. The van der Waals surface area contributed by atoms with Crippen molar-refractivity contribution in [2.45, 2.75) is 0 Å². The first-order chi connectivity index (χ1) is 14.5. The molecule has 1 fully saturated rings. The predicted molar refractivity (Wildman–Crippen MR) is 115 cm³/mol. The van der Waals surface area contributed by atoms with Gasteiger partial charge in [-0.2, -0.15) is 0 Å². The Bertz CT molecular complexity index is 953. The Morgan fingerprint density at radius 1 is 1.00 bits per heavy atom. The van der Waals surface area contributed by atoms with Gasteiger partial charge in [-0.15, -0.1) is 0 Å². The van der Waals surface area contributed by atoms with Gasteiger partial charge in [0.05, 0.1) is 33.0 Å². The van der Waals surface area contributed by atoms with Crippen molar-refractivity contribution in [3.05, 3.63) is 58.1 Å². The Kier molecular flexibility index (Phi) is 7.48. The zero-order valence-electron chi connectivity index (χ0n) is 16.7. The van der Waals surface area contributed by atoms with Crippen molar-refractivity contribution in [1.29, 1.82) is 0 Å². The Hall–Kier alpha value is -2.84. The summed E-state index contributed by atoms with van der Waals surface area (Å²) in [7, 11) is 3.11. The van der Waals surface area contributed by atoms with Crippen molar-refractivity contribution in [3.8, 4) is 17.2 Å². The lowest BCUT2D eigenvalue weighted by Crippen LogP contribution is -2.42. The van der Waals surface area contributed by atoms with E-state index in [1.165, 1.54) is 6.08 Å². The van der Waals surface area contributed by atoms with Crippen LogP contribution < -0.4 is 14.2 Å². The number of benzene rings is 2. The molecule has 158 valence electrons. The van der Waals surface area contributed by atoms with Crippen molar-refractivity contribution in [3.63, 3.8) is 0 Å². The lowest BCUT2D eigenvalue weighted by molar-refractivity contribution is 0.0415. The van der Waals surface area contributed by atoms with Gasteiger partial charge in [-0.05, 0) is 42.0 Å². The fourth-order valence-corrected chi connectivity index (χ4v) is 3.27. The number of nitrogens with zero attached hydrogens (tertiary/aromatic N) is 1. The summed E-state index contributed by atoms with van der Waals surface area (Å²) < 4.78 is 22.0. The molecule has 30 heavy (non-hydrogen) atoms. The third kappa shape index (κ3) is 5.40. The van der Waals surface area contributed by atoms with Gasteiger partial charge in [0.2, 0.25) is 0 Å². The van der Waals surface area contributed by atoms with Gasteiger partial charge < -0.3 is 23.8 Å². The van der Waals surface area contributed by atoms with E-state index >= 15 is 0 Å². The first kappa shape index (κ1) is 21.9. The van der Waals surface area contributed by atoms with Gasteiger partial charge in [0.1, 0.15) is 5.75 Å². The van der Waals surface area contributed by atoms with E-state index in [9.17, 15) is 9.59 Å². The van der Waals surface area contributed by atoms with E-state index in [4.69, 9.17) is 18.9 Å². The third-order valence-corrected chi connectivity index (χ3v) is 5.00. The number of allylic oxidation sites excluding steroid dienone is 1. The van der Waals surface area contributed by atoms with Crippen LogP contribution in [0.15, 0.2) is 46.9 Å². The molecule has 0 radical (unpaired) electrons. The number of hydrogen-bond acceptors (Lipinski definition) is 6. The van der Waals surface area contributed by atoms with Gasteiger partial charge in [-0.1, -0.05) is 28.1 Å². The summed E-state index contributed by atoms with van der Waals surface area (Å²) in [5.41, 5.74) is 1.05. The van der Waals surface area contributed by atoms with Crippen molar-refractivity contribution >= 4 is 33.9 Å². The van der Waals surface area contributed by atoms with E-state index in [-0.39, 0.29) is 17.1 Å². The van der Waals surface area contributed by atoms with Crippen LogP contribution in [0, 0.1) is 0 Å². The molecule has 0 saturated carbocycles. The lowest BCUT2D eigenvalue weighted by atomic mass is 10.1. The normalized spacial score (nSPS) is 13.9. The maximum atomic E-state index is 12.8. The summed E-state index contributed by atoms with van der Waals surface area (Å²) in [5, 5.41) is 0.